The Kier molecular flexibility index (Phi) is 4.48. The van der Waals surface area contributed by atoms with Crippen LogP contribution in [0.4, 0.5) is 0 Å². The Morgan fingerprint density at radius 2 is 2.21 bits per heavy atom. The van der Waals surface area contributed by atoms with E-state index in [4.69, 9.17) is 16.9 Å². The second-order valence-electron chi connectivity index (χ2n) is 3.80. The molecule has 1 rings (SSSR count). The average molecular weight is 195 g/mol. The van der Waals surface area contributed by atoms with E-state index >= 15 is 0 Å². The Bertz CT molecular complexity index is 226. The van der Waals surface area contributed by atoms with Crippen molar-refractivity contribution in [2.24, 2.45) is 11.7 Å². The van der Waals surface area contributed by atoms with Crippen LogP contribution in [0.15, 0.2) is 0 Å². The van der Waals surface area contributed by atoms with Gasteiger partial charge in [0.25, 0.3) is 0 Å². The number of hydrogen-bond acceptors (Lipinski definition) is 3. The smallest absolute Gasteiger partial charge is 0.323 e. The Balaban J connectivity index is 2.17. The first-order chi connectivity index (χ1) is 6.74. The molecule has 0 spiro atoms. The van der Waals surface area contributed by atoms with E-state index in [1.807, 2.05) is 0 Å². The molecular formula is C11H17NO2. The van der Waals surface area contributed by atoms with Crippen molar-refractivity contribution in [3.63, 3.8) is 0 Å². The number of terminal acetylenes is 1. The zero-order valence-corrected chi connectivity index (χ0v) is 8.37. The molecule has 1 aliphatic rings. The predicted molar refractivity (Wildman–Crippen MR) is 54.3 cm³/mol. The fraction of sp³-hybridized carbons (Fsp3) is 0.727. The van der Waals surface area contributed by atoms with E-state index in [-0.39, 0.29) is 12.4 Å². The highest BCUT2D eigenvalue weighted by Crippen LogP contribution is 2.24. The molecule has 0 aliphatic heterocycles. The van der Waals surface area contributed by atoms with Crippen molar-refractivity contribution in [1.29, 1.82) is 0 Å². The maximum atomic E-state index is 11.2. The highest BCUT2D eigenvalue weighted by atomic mass is 16.5. The Morgan fingerprint density at radius 3 is 2.79 bits per heavy atom. The Hall–Kier alpha value is -1.01. The molecule has 0 aromatic carbocycles. The number of carbonyl (C=O) groups excluding carboxylic acids is 1. The molecule has 2 N–H and O–H groups in total. The minimum absolute atomic E-state index is 0.253. The van der Waals surface area contributed by atoms with Crippen LogP contribution < -0.4 is 5.73 Å². The summed E-state index contributed by atoms with van der Waals surface area (Å²) in [5.74, 6) is 2.52. The molecule has 3 nitrogen and oxygen atoms in total. The summed E-state index contributed by atoms with van der Waals surface area (Å²) < 4.78 is 5.08. The summed E-state index contributed by atoms with van der Waals surface area (Å²) in [7, 11) is 0. The van der Waals surface area contributed by atoms with Gasteiger partial charge in [-0.15, -0.1) is 12.3 Å². The lowest BCUT2D eigenvalue weighted by Crippen LogP contribution is -2.32. The van der Waals surface area contributed by atoms with Crippen LogP contribution in [0.25, 0.3) is 0 Å². The third-order valence-electron chi connectivity index (χ3n) is 2.58. The lowest BCUT2D eigenvalue weighted by atomic mass is 10.1. The van der Waals surface area contributed by atoms with Gasteiger partial charge >= 0.3 is 5.97 Å². The monoisotopic (exact) mass is 195 g/mol. The van der Waals surface area contributed by atoms with E-state index in [2.05, 4.69) is 5.92 Å². The molecule has 1 fully saturated rings. The van der Waals surface area contributed by atoms with Crippen LogP contribution in [0.2, 0.25) is 0 Å². The van der Waals surface area contributed by atoms with Crippen molar-refractivity contribution in [2.75, 3.05) is 6.61 Å². The third-order valence-corrected chi connectivity index (χ3v) is 2.58. The molecule has 1 aliphatic carbocycles. The van der Waals surface area contributed by atoms with Crippen LogP contribution >= 0.6 is 0 Å². The van der Waals surface area contributed by atoms with Gasteiger partial charge in [-0.3, -0.25) is 4.79 Å². The summed E-state index contributed by atoms with van der Waals surface area (Å²) in [5, 5.41) is 0. The minimum atomic E-state index is -0.651. The first kappa shape index (κ1) is 11.1. The highest BCUT2D eigenvalue weighted by Gasteiger charge is 2.19. The quantitative estimate of drug-likeness (QED) is 0.539. The SMILES string of the molecule is C#CCC(N)C(=O)OCC1CCCC1. The number of rotatable bonds is 4. The molecule has 0 heterocycles. The number of nitrogens with two attached hydrogens (primary N) is 1. The second-order valence-corrected chi connectivity index (χ2v) is 3.80. The minimum Gasteiger partial charge on any atom is -0.464 e. The summed E-state index contributed by atoms with van der Waals surface area (Å²) >= 11 is 0. The van der Waals surface area contributed by atoms with Gasteiger partial charge in [0.05, 0.1) is 6.61 Å². The maximum absolute atomic E-state index is 11.2. The van der Waals surface area contributed by atoms with Gasteiger partial charge in [0.1, 0.15) is 6.04 Å². The van der Waals surface area contributed by atoms with E-state index in [1.54, 1.807) is 0 Å². The molecule has 0 radical (unpaired) electrons. The van der Waals surface area contributed by atoms with Crippen LogP contribution in [-0.2, 0) is 9.53 Å². The normalized spacial score (nSPS) is 18.9. The fourth-order valence-electron chi connectivity index (χ4n) is 1.69. The van der Waals surface area contributed by atoms with Crippen molar-refractivity contribution in [1.82, 2.24) is 0 Å². The zero-order chi connectivity index (χ0) is 10.4. The average Bonchev–Trinajstić information content (AvgIpc) is 2.67. The molecule has 78 valence electrons. The van der Waals surface area contributed by atoms with Crippen molar-refractivity contribution in [3.8, 4) is 12.3 Å². The summed E-state index contributed by atoms with van der Waals surface area (Å²) in [6, 6.07) is -0.651. The number of hydrogen-bond donors (Lipinski definition) is 1. The van der Waals surface area contributed by atoms with Crippen molar-refractivity contribution >= 4 is 5.97 Å². The number of esters is 1. The van der Waals surface area contributed by atoms with Crippen LogP contribution in [0.3, 0.4) is 0 Å². The van der Waals surface area contributed by atoms with E-state index in [0.29, 0.717) is 12.5 Å². The third kappa shape index (κ3) is 3.39. The molecule has 0 bridgehead atoms. The van der Waals surface area contributed by atoms with Crippen LogP contribution in [0.1, 0.15) is 32.1 Å². The molecule has 14 heavy (non-hydrogen) atoms. The van der Waals surface area contributed by atoms with E-state index in [0.717, 1.165) is 12.8 Å². The first-order valence-electron chi connectivity index (χ1n) is 5.09. The molecule has 0 amide bonds. The van der Waals surface area contributed by atoms with Gasteiger partial charge in [0.2, 0.25) is 0 Å². The van der Waals surface area contributed by atoms with E-state index in [9.17, 15) is 4.79 Å². The lowest BCUT2D eigenvalue weighted by molar-refractivity contribution is -0.146. The van der Waals surface area contributed by atoms with Crippen molar-refractivity contribution < 1.29 is 9.53 Å². The van der Waals surface area contributed by atoms with Gasteiger partial charge in [0, 0.05) is 6.42 Å². The maximum Gasteiger partial charge on any atom is 0.323 e. The Morgan fingerprint density at radius 1 is 1.57 bits per heavy atom. The van der Waals surface area contributed by atoms with Gasteiger partial charge in [0.15, 0.2) is 0 Å². The largest absolute Gasteiger partial charge is 0.464 e. The standard InChI is InChI=1S/C11H17NO2/c1-2-5-10(12)11(13)14-8-9-6-3-4-7-9/h1,9-10H,3-8,12H2. The second kappa shape index (κ2) is 5.66. The van der Waals surface area contributed by atoms with Gasteiger partial charge in [-0.2, -0.15) is 0 Å². The fourth-order valence-corrected chi connectivity index (χ4v) is 1.69. The summed E-state index contributed by atoms with van der Waals surface area (Å²) in [5.41, 5.74) is 5.50. The topological polar surface area (TPSA) is 52.3 Å². The molecule has 1 unspecified atom stereocenters. The zero-order valence-electron chi connectivity index (χ0n) is 8.37. The highest BCUT2D eigenvalue weighted by molar-refractivity contribution is 5.75. The molecular weight excluding hydrogens is 178 g/mol. The number of ether oxygens (including phenoxy) is 1. The molecule has 0 aromatic heterocycles. The molecule has 3 heteroatoms. The summed E-state index contributed by atoms with van der Waals surface area (Å²) in [6.45, 7) is 0.511. The molecule has 0 saturated heterocycles. The van der Waals surface area contributed by atoms with E-state index < -0.39 is 6.04 Å². The number of carbonyl (C=O) groups is 1. The van der Waals surface area contributed by atoms with Crippen LogP contribution in [0, 0.1) is 18.3 Å². The first-order valence-corrected chi connectivity index (χ1v) is 5.09. The molecule has 0 aromatic rings. The Labute approximate surface area is 85.0 Å². The van der Waals surface area contributed by atoms with Crippen LogP contribution in [0.5, 0.6) is 0 Å². The molecule has 1 saturated carbocycles. The van der Waals surface area contributed by atoms with Gasteiger partial charge in [-0.1, -0.05) is 12.8 Å². The lowest BCUT2D eigenvalue weighted by Gasteiger charge is -2.12. The summed E-state index contributed by atoms with van der Waals surface area (Å²) in [6.07, 6.45) is 10.1. The van der Waals surface area contributed by atoms with Crippen molar-refractivity contribution in [3.05, 3.63) is 0 Å². The van der Waals surface area contributed by atoms with Crippen molar-refractivity contribution in [2.45, 2.75) is 38.1 Å². The van der Waals surface area contributed by atoms with E-state index in [1.165, 1.54) is 12.8 Å². The predicted octanol–water partition coefficient (Wildman–Crippen LogP) is 1.07. The van der Waals surface area contributed by atoms with Gasteiger partial charge < -0.3 is 10.5 Å². The van der Waals surface area contributed by atoms with Crippen LogP contribution in [-0.4, -0.2) is 18.6 Å². The summed E-state index contributed by atoms with van der Waals surface area (Å²) in [4.78, 5) is 11.2. The molecule has 1 atom stereocenters. The van der Waals surface area contributed by atoms with Gasteiger partial charge in [-0.25, -0.2) is 0 Å². The van der Waals surface area contributed by atoms with Gasteiger partial charge in [-0.05, 0) is 18.8 Å².